The van der Waals surface area contributed by atoms with Crippen molar-refractivity contribution < 1.29 is 13.2 Å². The van der Waals surface area contributed by atoms with Gasteiger partial charge in [0.25, 0.3) is 0 Å². The Morgan fingerprint density at radius 1 is 1.35 bits per heavy atom. The molecule has 3 rings (SSSR count). The smallest absolute Gasteiger partial charge is 0.151 e. The average Bonchev–Trinajstić information content (AvgIpc) is 3.14. The number of hydrogen-bond donors (Lipinski definition) is 0. The number of aromatic nitrogens is 1. The summed E-state index contributed by atoms with van der Waals surface area (Å²) in [6, 6.07) is 7.94. The van der Waals surface area contributed by atoms with Crippen molar-refractivity contribution in [2.24, 2.45) is 0 Å². The fourth-order valence-electron chi connectivity index (χ4n) is 2.75. The van der Waals surface area contributed by atoms with E-state index >= 15 is 0 Å². The van der Waals surface area contributed by atoms with Crippen LogP contribution in [0.15, 0.2) is 29.6 Å². The Hall–Kier alpha value is -1.44. The Kier molecular flexibility index (Phi) is 4.70. The topological polar surface area (TPSA) is 59.5 Å². The zero-order valence-corrected chi connectivity index (χ0v) is 14.9. The van der Waals surface area contributed by atoms with Crippen LogP contribution in [-0.4, -0.2) is 50.0 Å². The summed E-state index contributed by atoms with van der Waals surface area (Å²) in [4.78, 5) is 6.76. The summed E-state index contributed by atoms with van der Waals surface area (Å²) in [5, 5.41) is 3.01. The highest BCUT2D eigenvalue weighted by atomic mass is 32.2. The van der Waals surface area contributed by atoms with Gasteiger partial charge in [-0.2, -0.15) is 0 Å². The molecule has 1 aromatic heterocycles. The van der Waals surface area contributed by atoms with Gasteiger partial charge in [0.1, 0.15) is 10.8 Å². The minimum Gasteiger partial charge on any atom is -0.497 e. The summed E-state index contributed by atoms with van der Waals surface area (Å²) in [7, 11) is 0.770. The molecule has 1 fully saturated rings. The average molecular weight is 352 g/mol. The van der Waals surface area contributed by atoms with E-state index in [4.69, 9.17) is 4.74 Å². The summed E-state index contributed by atoms with van der Waals surface area (Å²) in [6.45, 7) is 0.673. The fourth-order valence-corrected chi connectivity index (χ4v) is 5.38. The second kappa shape index (κ2) is 6.59. The zero-order chi connectivity index (χ0) is 16.4. The third kappa shape index (κ3) is 3.91. The van der Waals surface area contributed by atoms with Gasteiger partial charge in [-0.25, -0.2) is 13.4 Å². The van der Waals surface area contributed by atoms with E-state index in [2.05, 4.69) is 9.88 Å². The van der Waals surface area contributed by atoms with Crippen LogP contribution in [0.5, 0.6) is 5.75 Å². The molecule has 1 saturated heterocycles. The molecule has 1 aliphatic rings. The first-order valence-electron chi connectivity index (χ1n) is 7.46. The molecular formula is C16H20N2O3S2. The first-order chi connectivity index (χ1) is 11.0. The minimum absolute atomic E-state index is 0.103. The van der Waals surface area contributed by atoms with Crippen LogP contribution in [0, 0.1) is 0 Å². The third-order valence-electron chi connectivity index (χ3n) is 4.13. The van der Waals surface area contributed by atoms with Gasteiger partial charge in [-0.1, -0.05) is 0 Å². The van der Waals surface area contributed by atoms with E-state index < -0.39 is 9.84 Å². The lowest BCUT2D eigenvalue weighted by molar-refractivity contribution is 0.251. The van der Waals surface area contributed by atoms with E-state index in [0.717, 1.165) is 22.0 Å². The second-order valence-electron chi connectivity index (χ2n) is 5.84. The summed E-state index contributed by atoms with van der Waals surface area (Å²) < 4.78 is 28.3. The maximum Gasteiger partial charge on any atom is 0.151 e. The molecule has 0 amide bonds. The zero-order valence-electron chi connectivity index (χ0n) is 13.2. The predicted molar refractivity (Wildman–Crippen MR) is 92.6 cm³/mol. The molecule has 1 aromatic carbocycles. The highest BCUT2D eigenvalue weighted by molar-refractivity contribution is 7.91. The maximum atomic E-state index is 11.6. The second-order valence-corrected chi connectivity index (χ2v) is 8.93. The number of methoxy groups -OCH3 is 1. The lowest BCUT2D eigenvalue weighted by Gasteiger charge is -2.21. The van der Waals surface area contributed by atoms with E-state index in [1.54, 1.807) is 18.4 Å². The highest BCUT2D eigenvalue weighted by Crippen LogP contribution is 2.27. The number of nitrogens with zero attached hydrogens (tertiary/aromatic N) is 2. The Morgan fingerprint density at radius 2 is 2.09 bits per heavy atom. The molecular weight excluding hydrogens is 332 g/mol. The Bertz CT molecular complexity index is 769. The molecule has 1 aliphatic heterocycles. The predicted octanol–water partition coefficient (Wildman–Crippen LogP) is 2.44. The van der Waals surface area contributed by atoms with Crippen molar-refractivity contribution in [3.63, 3.8) is 0 Å². The molecule has 2 aromatic rings. The molecule has 2 heterocycles. The largest absolute Gasteiger partial charge is 0.497 e. The molecule has 5 nitrogen and oxygen atoms in total. The molecule has 124 valence electrons. The van der Waals surface area contributed by atoms with Crippen molar-refractivity contribution >= 4 is 21.2 Å². The monoisotopic (exact) mass is 352 g/mol. The molecule has 0 N–H and O–H groups in total. The lowest BCUT2D eigenvalue weighted by Crippen LogP contribution is -2.32. The van der Waals surface area contributed by atoms with Gasteiger partial charge in [0, 0.05) is 23.5 Å². The first kappa shape index (κ1) is 16.4. The van der Waals surface area contributed by atoms with Gasteiger partial charge in [-0.05, 0) is 37.7 Å². The lowest BCUT2D eigenvalue weighted by atomic mass is 10.2. The van der Waals surface area contributed by atoms with Crippen LogP contribution in [0.4, 0.5) is 0 Å². The molecule has 1 unspecified atom stereocenters. The van der Waals surface area contributed by atoms with Gasteiger partial charge >= 0.3 is 0 Å². The van der Waals surface area contributed by atoms with Crippen molar-refractivity contribution in [2.75, 3.05) is 25.7 Å². The minimum atomic E-state index is -2.85. The van der Waals surface area contributed by atoms with E-state index in [0.29, 0.717) is 18.7 Å². The van der Waals surface area contributed by atoms with Crippen LogP contribution in [0.3, 0.4) is 0 Å². The number of benzene rings is 1. The van der Waals surface area contributed by atoms with Crippen molar-refractivity contribution in [3.05, 3.63) is 35.3 Å². The third-order valence-corrected chi connectivity index (χ3v) is 6.82. The standard InChI is InChI=1S/C16H20N2O3S2/c1-18(14-7-8-23(19,20)11-14)9-13-10-22-16(17-13)12-3-5-15(21-2)6-4-12/h3-6,10,14H,7-9,11H2,1-2H3. The van der Waals surface area contributed by atoms with Gasteiger partial charge in [0.05, 0.1) is 24.3 Å². The molecule has 0 spiro atoms. The first-order valence-corrected chi connectivity index (χ1v) is 10.2. The maximum absolute atomic E-state index is 11.6. The normalized spacial score (nSPS) is 20.0. The van der Waals surface area contributed by atoms with Gasteiger partial charge in [-0.15, -0.1) is 11.3 Å². The van der Waals surface area contributed by atoms with Crippen molar-refractivity contribution in [1.29, 1.82) is 0 Å². The molecule has 23 heavy (non-hydrogen) atoms. The summed E-state index contributed by atoms with van der Waals surface area (Å²) in [5.41, 5.74) is 2.04. The molecule has 1 atom stereocenters. The molecule has 7 heteroatoms. The van der Waals surface area contributed by atoms with E-state index in [1.807, 2.05) is 36.7 Å². The molecule has 0 bridgehead atoms. The Balaban J connectivity index is 1.67. The van der Waals surface area contributed by atoms with Crippen LogP contribution < -0.4 is 4.74 Å². The SMILES string of the molecule is COc1ccc(-c2nc(CN(C)C3CCS(=O)(=O)C3)cs2)cc1. The molecule has 0 radical (unpaired) electrons. The Labute approximate surface area is 140 Å². The van der Waals surface area contributed by atoms with Gasteiger partial charge in [-0.3, -0.25) is 4.90 Å². The van der Waals surface area contributed by atoms with Crippen LogP contribution in [-0.2, 0) is 16.4 Å². The van der Waals surface area contributed by atoms with E-state index in [-0.39, 0.29) is 11.8 Å². The fraction of sp³-hybridized carbons (Fsp3) is 0.438. The number of sulfone groups is 1. The van der Waals surface area contributed by atoms with Gasteiger partial charge in [0.15, 0.2) is 9.84 Å². The Morgan fingerprint density at radius 3 is 2.70 bits per heavy atom. The van der Waals surface area contributed by atoms with E-state index in [9.17, 15) is 8.42 Å². The van der Waals surface area contributed by atoms with Crippen LogP contribution >= 0.6 is 11.3 Å². The number of hydrogen-bond acceptors (Lipinski definition) is 6. The number of thiazole rings is 1. The summed E-state index contributed by atoms with van der Waals surface area (Å²) >= 11 is 1.60. The highest BCUT2D eigenvalue weighted by Gasteiger charge is 2.30. The van der Waals surface area contributed by atoms with E-state index in [1.165, 1.54) is 0 Å². The summed E-state index contributed by atoms with van der Waals surface area (Å²) in [6.07, 6.45) is 0.717. The number of rotatable bonds is 5. The summed E-state index contributed by atoms with van der Waals surface area (Å²) in [5.74, 6) is 1.39. The van der Waals surface area contributed by atoms with Crippen LogP contribution in [0.1, 0.15) is 12.1 Å². The quantitative estimate of drug-likeness (QED) is 0.827. The van der Waals surface area contributed by atoms with Gasteiger partial charge in [0.2, 0.25) is 0 Å². The van der Waals surface area contributed by atoms with Crippen molar-refractivity contribution in [1.82, 2.24) is 9.88 Å². The van der Waals surface area contributed by atoms with Crippen molar-refractivity contribution in [2.45, 2.75) is 19.0 Å². The van der Waals surface area contributed by atoms with Crippen molar-refractivity contribution in [3.8, 4) is 16.3 Å². The van der Waals surface area contributed by atoms with Gasteiger partial charge < -0.3 is 4.74 Å². The molecule has 0 saturated carbocycles. The molecule has 0 aliphatic carbocycles. The van der Waals surface area contributed by atoms with Crippen LogP contribution in [0.2, 0.25) is 0 Å². The van der Waals surface area contributed by atoms with Crippen LogP contribution in [0.25, 0.3) is 10.6 Å². The number of ether oxygens (including phenoxy) is 1.